The number of rotatable bonds is 1. The van der Waals surface area contributed by atoms with Gasteiger partial charge >= 0.3 is 0 Å². The molecule has 2 aromatic heterocycles. The molecule has 108 valence electrons. The highest BCUT2D eigenvalue weighted by atomic mass is 35.5. The topological polar surface area (TPSA) is 30.7 Å². The second-order valence-electron chi connectivity index (χ2n) is 5.59. The van der Waals surface area contributed by atoms with Gasteiger partial charge in [0.05, 0.1) is 5.69 Å². The highest BCUT2D eigenvalue weighted by Crippen LogP contribution is 2.31. The second kappa shape index (κ2) is 4.85. The van der Waals surface area contributed by atoms with Crippen molar-refractivity contribution in [3.63, 3.8) is 0 Å². The first-order chi connectivity index (χ1) is 9.90. The van der Waals surface area contributed by atoms with Gasteiger partial charge in [-0.3, -0.25) is 4.57 Å². The molecule has 3 nitrogen and oxygen atoms in total. The van der Waals surface area contributed by atoms with E-state index < -0.39 is 0 Å². The molecule has 4 heteroatoms. The van der Waals surface area contributed by atoms with Crippen molar-refractivity contribution < 1.29 is 0 Å². The van der Waals surface area contributed by atoms with E-state index in [1.54, 1.807) is 0 Å². The number of benzene rings is 1. The molecule has 0 aliphatic heterocycles. The van der Waals surface area contributed by atoms with E-state index >= 15 is 0 Å². The second-order valence-corrected chi connectivity index (χ2v) is 6.02. The monoisotopic (exact) mass is 299 g/mol. The smallest absolute Gasteiger partial charge is 0.148 e. The zero-order valence-corrected chi connectivity index (χ0v) is 13.7. The molecule has 1 aromatic carbocycles. The van der Waals surface area contributed by atoms with Crippen LogP contribution in [0, 0.1) is 34.6 Å². The maximum atomic E-state index is 6.16. The van der Waals surface area contributed by atoms with Crippen molar-refractivity contribution in [2.75, 3.05) is 0 Å². The van der Waals surface area contributed by atoms with Crippen LogP contribution < -0.4 is 0 Å². The van der Waals surface area contributed by atoms with Crippen LogP contribution in [0.4, 0.5) is 0 Å². The van der Waals surface area contributed by atoms with Gasteiger partial charge in [-0.15, -0.1) is 0 Å². The summed E-state index contributed by atoms with van der Waals surface area (Å²) in [4.78, 5) is 8.99. The minimum absolute atomic E-state index is 0.769. The third-order valence-corrected chi connectivity index (χ3v) is 4.28. The SMILES string of the molecule is Cc1ncc2c(C)c(C)n(-c3c(C)cc(Cl)cc3C)c2n1. The Bertz CT molecular complexity index is 839. The lowest BCUT2D eigenvalue weighted by molar-refractivity contribution is 0.975. The number of aromatic nitrogens is 3. The van der Waals surface area contributed by atoms with Gasteiger partial charge in [0.1, 0.15) is 11.5 Å². The van der Waals surface area contributed by atoms with Crippen LogP contribution in [0.2, 0.25) is 5.02 Å². The molecule has 0 amide bonds. The quantitative estimate of drug-likeness (QED) is 0.656. The summed E-state index contributed by atoms with van der Waals surface area (Å²) in [6.07, 6.45) is 1.91. The first kappa shape index (κ1) is 14.1. The lowest BCUT2D eigenvalue weighted by Crippen LogP contribution is -2.04. The molecule has 0 aliphatic carbocycles. The number of fused-ring (bicyclic) bond motifs is 1. The fourth-order valence-electron chi connectivity index (χ4n) is 2.94. The molecule has 0 atom stereocenters. The number of aryl methyl sites for hydroxylation is 4. The standard InChI is InChI=1S/C17H18ClN3/c1-9-6-14(18)7-10(2)16(9)21-12(4)11(3)15-8-19-13(5)20-17(15)21/h6-8H,1-5H3. The van der Waals surface area contributed by atoms with Crippen LogP contribution in [0.25, 0.3) is 16.7 Å². The summed E-state index contributed by atoms with van der Waals surface area (Å²) in [5, 5.41) is 1.87. The van der Waals surface area contributed by atoms with E-state index in [4.69, 9.17) is 11.6 Å². The van der Waals surface area contributed by atoms with E-state index in [1.165, 1.54) is 11.3 Å². The largest absolute Gasteiger partial charge is 0.298 e. The van der Waals surface area contributed by atoms with E-state index in [1.807, 2.05) is 25.3 Å². The summed E-state index contributed by atoms with van der Waals surface area (Å²) in [7, 11) is 0. The molecule has 0 spiro atoms. The predicted molar refractivity (Wildman–Crippen MR) is 87.6 cm³/mol. The van der Waals surface area contributed by atoms with Gasteiger partial charge in [0.25, 0.3) is 0 Å². The van der Waals surface area contributed by atoms with E-state index in [0.717, 1.165) is 38.7 Å². The summed E-state index contributed by atoms with van der Waals surface area (Å²) >= 11 is 6.16. The van der Waals surface area contributed by atoms with Crippen LogP contribution in [-0.2, 0) is 0 Å². The molecule has 3 rings (SSSR count). The Morgan fingerprint density at radius 3 is 2.24 bits per heavy atom. The van der Waals surface area contributed by atoms with Crippen LogP contribution in [0.15, 0.2) is 18.3 Å². The van der Waals surface area contributed by atoms with Crippen LogP contribution in [0.3, 0.4) is 0 Å². The average molecular weight is 300 g/mol. The van der Waals surface area contributed by atoms with Crippen molar-refractivity contribution in [2.45, 2.75) is 34.6 Å². The Morgan fingerprint density at radius 1 is 1.00 bits per heavy atom. The van der Waals surface area contributed by atoms with Crippen molar-refractivity contribution in [3.8, 4) is 5.69 Å². The van der Waals surface area contributed by atoms with Gasteiger partial charge in [0, 0.05) is 22.3 Å². The summed E-state index contributed by atoms with van der Waals surface area (Å²) < 4.78 is 2.22. The Balaban J connectivity index is 2.46. The number of nitrogens with zero attached hydrogens (tertiary/aromatic N) is 3. The zero-order chi connectivity index (χ0) is 15.3. The summed E-state index contributed by atoms with van der Waals surface area (Å²) in [5.74, 6) is 0.783. The van der Waals surface area contributed by atoms with Crippen LogP contribution >= 0.6 is 11.6 Å². The lowest BCUT2D eigenvalue weighted by Gasteiger charge is -2.15. The first-order valence-electron chi connectivity index (χ1n) is 6.98. The number of hydrogen-bond acceptors (Lipinski definition) is 2. The molecule has 0 fully saturated rings. The number of halogens is 1. The molecule has 2 heterocycles. The molecule has 21 heavy (non-hydrogen) atoms. The lowest BCUT2D eigenvalue weighted by atomic mass is 10.1. The van der Waals surface area contributed by atoms with Gasteiger partial charge in [-0.1, -0.05) is 11.6 Å². The molecular formula is C17H18ClN3. The minimum atomic E-state index is 0.769. The number of hydrogen-bond donors (Lipinski definition) is 0. The molecule has 0 aliphatic rings. The Morgan fingerprint density at radius 2 is 1.62 bits per heavy atom. The van der Waals surface area contributed by atoms with Gasteiger partial charge < -0.3 is 0 Å². The van der Waals surface area contributed by atoms with Gasteiger partial charge in [-0.25, -0.2) is 9.97 Å². The molecule has 0 N–H and O–H groups in total. The maximum absolute atomic E-state index is 6.16. The molecule has 0 saturated carbocycles. The zero-order valence-electron chi connectivity index (χ0n) is 13.0. The van der Waals surface area contributed by atoms with Gasteiger partial charge in [-0.05, 0) is 63.4 Å². The molecule has 0 bridgehead atoms. The van der Waals surface area contributed by atoms with Crippen molar-refractivity contribution in [2.24, 2.45) is 0 Å². The third kappa shape index (κ3) is 2.12. The molecule has 0 radical (unpaired) electrons. The van der Waals surface area contributed by atoms with Gasteiger partial charge in [0.15, 0.2) is 0 Å². The molecule has 0 saturated heterocycles. The van der Waals surface area contributed by atoms with E-state index in [-0.39, 0.29) is 0 Å². The highest BCUT2D eigenvalue weighted by Gasteiger charge is 2.17. The van der Waals surface area contributed by atoms with Gasteiger partial charge in [0.2, 0.25) is 0 Å². The van der Waals surface area contributed by atoms with Gasteiger partial charge in [-0.2, -0.15) is 0 Å². The Labute approximate surface area is 129 Å². The van der Waals surface area contributed by atoms with Crippen molar-refractivity contribution in [1.29, 1.82) is 0 Å². The van der Waals surface area contributed by atoms with Crippen LogP contribution in [-0.4, -0.2) is 14.5 Å². The predicted octanol–water partition coefficient (Wildman–Crippen LogP) is 4.62. The van der Waals surface area contributed by atoms with Crippen LogP contribution in [0.1, 0.15) is 28.2 Å². The normalized spacial score (nSPS) is 11.3. The average Bonchev–Trinajstić information content (AvgIpc) is 2.62. The minimum Gasteiger partial charge on any atom is -0.298 e. The van der Waals surface area contributed by atoms with E-state index in [2.05, 4.69) is 42.2 Å². The molecular weight excluding hydrogens is 282 g/mol. The summed E-state index contributed by atoms with van der Waals surface area (Å²) in [6.45, 7) is 10.3. The Kier molecular flexibility index (Phi) is 3.25. The first-order valence-corrected chi connectivity index (χ1v) is 7.36. The van der Waals surface area contributed by atoms with E-state index in [9.17, 15) is 0 Å². The fourth-order valence-corrected chi connectivity index (χ4v) is 3.27. The maximum Gasteiger partial charge on any atom is 0.148 e. The molecule has 0 unspecified atom stereocenters. The van der Waals surface area contributed by atoms with Crippen LogP contribution in [0.5, 0.6) is 0 Å². The Hall–Kier alpha value is -1.87. The van der Waals surface area contributed by atoms with Crippen molar-refractivity contribution in [1.82, 2.24) is 14.5 Å². The van der Waals surface area contributed by atoms with E-state index in [0.29, 0.717) is 0 Å². The summed E-state index contributed by atoms with van der Waals surface area (Å²) in [5.41, 5.74) is 6.84. The van der Waals surface area contributed by atoms with Crippen molar-refractivity contribution in [3.05, 3.63) is 51.6 Å². The third-order valence-electron chi connectivity index (χ3n) is 4.06. The highest BCUT2D eigenvalue weighted by molar-refractivity contribution is 6.30. The molecule has 3 aromatic rings. The van der Waals surface area contributed by atoms with Crippen molar-refractivity contribution >= 4 is 22.6 Å². The summed E-state index contributed by atoms with van der Waals surface area (Å²) in [6, 6.07) is 4.00. The fraction of sp³-hybridized carbons (Fsp3) is 0.294.